The Hall–Kier alpha value is -3.94. The summed E-state index contributed by atoms with van der Waals surface area (Å²) >= 11 is 0. The fourth-order valence-corrected chi connectivity index (χ4v) is 2.88. The average molecular weight is 378 g/mol. The zero-order valence-electron chi connectivity index (χ0n) is 14.8. The number of nitrogens with two attached hydrogens (primary N) is 1. The van der Waals surface area contributed by atoms with Crippen molar-refractivity contribution in [2.24, 2.45) is 5.73 Å². The van der Waals surface area contributed by atoms with Crippen LogP contribution in [-0.4, -0.2) is 27.4 Å². The molecule has 0 bridgehead atoms. The number of benzene rings is 2. The van der Waals surface area contributed by atoms with E-state index in [-0.39, 0.29) is 17.2 Å². The number of rotatable bonds is 5. The van der Waals surface area contributed by atoms with Gasteiger partial charge in [0.05, 0.1) is 12.8 Å². The van der Waals surface area contributed by atoms with Crippen LogP contribution in [0.25, 0.3) is 16.8 Å². The van der Waals surface area contributed by atoms with Crippen LogP contribution in [0, 0.1) is 5.82 Å². The minimum absolute atomic E-state index is 0.0553. The number of halogens is 1. The summed E-state index contributed by atoms with van der Waals surface area (Å²) in [6, 6.07) is 11.5. The third-order valence-corrected chi connectivity index (χ3v) is 4.19. The molecule has 0 spiro atoms. The van der Waals surface area contributed by atoms with Gasteiger partial charge in [-0.2, -0.15) is 4.39 Å². The Balaban J connectivity index is 1.68. The topological polar surface area (TPSA) is 91.7 Å². The molecule has 2 aromatic carbocycles. The van der Waals surface area contributed by atoms with Crippen LogP contribution in [-0.2, 0) is 0 Å². The maximum atomic E-state index is 14.2. The van der Waals surface area contributed by atoms with Crippen molar-refractivity contribution in [3.8, 4) is 28.5 Å². The van der Waals surface area contributed by atoms with Gasteiger partial charge in [0.15, 0.2) is 17.2 Å². The van der Waals surface area contributed by atoms with E-state index in [4.69, 9.17) is 15.2 Å². The van der Waals surface area contributed by atoms with E-state index in [0.29, 0.717) is 17.0 Å². The predicted octanol–water partition coefficient (Wildman–Crippen LogP) is 3.44. The number of hydrogen-bond donors (Lipinski definition) is 1. The number of carbonyl (C=O) groups is 1. The summed E-state index contributed by atoms with van der Waals surface area (Å²) in [6.07, 6.45) is 4.74. The Labute approximate surface area is 159 Å². The van der Waals surface area contributed by atoms with E-state index in [1.807, 2.05) is 0 Å². The van der Waals surface area contributed by atoms with Crippen molar-refractivity contribution in [2.45, 2.75) is 0 Å². The van der Waals surface area contributed by atoms with E-state index in [2.05, 4.69) is 9.97 Å². The normalized spacial score (nSPS) is 10.8. The summed E-state index contributed by atoms with van der Waals surface area (Å²) in [6.45, 7) is 0. The van der Waals surface area contributed by atoms with Crippen molar-refractivity contribution < 1.29 is 18.7 Å². The Kier molecular flexibility index (Phi) is 4.36. The van der Waals surface area contributed by atoms with Crippen molar-refractivity contribution >= 4 is 11.4 Å². The molecule has 1 amide bonds. The van der Waals surface area contributed by atoms with Gasteiger partial charge in [-0.3, -0.25) is 4.79 Å². The number of carbonyl (C=O) groups excluding carboxylic acids is 1. The molecule has 28 heavy (non-hydrogen) atoms. The lowest BCUT2D eigenvalue weighted by molar-refractivity contribution is 0.0997. The van der Waals surface area contributed by atoms with Gasteiger partial charge in [0.2, 0.25) is 5.82 Å². The van der Waals surface area contributed by atoms with Crippen molar-refractivity contribution in [2.75, 3.05) is 7.11 Å². The number of aromatic nitrogens is 3. The molecule has 0 saturated heterocycles. The SMILES string of the molecule is COc1cccc(Oc2ccc(-c3ncn4ccnc(C(N)=O)c34)cc2)c1F. The number of ether oxygens (including phenoxy) is 2. The second kappa shape index (κ2) is 6.99. The minimum Gasteiger partial charge on any atom is -0.494 e. The van der Waals surface area contributed by atoms with E-state index < -0.39 is 11.7 Å². The standard InChI is InChI=1S/C20H15FN4O3/c1-27-14-3-2-4-15(16(14)21)28-13-7-5-12(6-8-13)17-19-18(20(22)26)23-9-10-25(19)11-24-17/h2-11H,1H3,(H2,22,26). The van der Waals surface area contributed by atoms with E-state index >= 15 is 0 Å². The number of nitrogens with zero attached hydrogens (tertiary/aromatic N) is 3. The Bertz CT molecular complexity index is 1170. The van der Waals surface area contributed by atoms with Crippen molar-refractivity contribution in [3.05, 3.63) is 72.7 Å². The lowest BCUT2D eigenvalue weighted by Crippen LogP contribution is -2.14. The summed E-state index contributed by atoms with van der Waals surface area (Å²) in [5, 5.41) is 0. The molecule has 7 nitrogen and oxygen atoms in total. The van der Waals surface area contributed by atoms with E-state index in [1.54, 1.807) is 47.3 Å². The van der Waals surface area contributed by atoms with Gasteiger partial charge in [0.1, 0.15) is 17.6 Å². The Morgan fingerprint density at radius 1 is 1.11 bits per heavy atom. The van der Waals surface area contributed by atoms with Crippen molar-refractivity contribution in [1.29, 1.82) is 0 Å². The molecule has 140 valence electrons. The minimum atomic E-state index is -0.638. The quantitative estimate of drug-likeness (QED) is 0.574. The molecule has 2 N–H and O–H groups in total. The summed E-state index contributed by atoms with van der Waals surface area (Å²) < 4.78 is 26.5. The third-order valence-electron chi connectivity index (χ3n) is 4.19. The predicted molar refractivity (Wildman–Crippen MR) is 100.0 cm³/mol. The second-order valence-corrected chi connectivity index (χ2v) is 5.89. The van der Waals surface area contributed by atoms with E-state index in [9.17, 15) is 9.18 Å². The molecule has 0 saturated carbocycles. The molecule has 0 aliphatic heterocycles. The number of imidazole rings is 1. The van der Waals surface area contributed by atoms with Gasteiger partial charge in [0.25, 0.3) is 5.91 Å². The molecule has 0 unspecified atom stereocenters. The summed E-state index contributed by atoms with van der Waals surface area (Å²) in [4.78, 5) is 20.1. The van der Waals surface area contributed by atoms with E-state index in [0.717, 1.165) is 5.56 Å². The second-order valence-electron chi connectivity index (χ2n) is 5.89. The van der Waals surface area contributed by atoms with Crippen LogP contribution >= 0.6 is 0 Å². The lowest BCUT2D eigenvalue weighted by atomic mass is 10.1. The lowest BCUT2D eigenvalue weighted by Gasteiger charge is -2.09. The largest absolute Gasteiger partial charge is 0.494 e. The first kappa shape index (κ1) is 17.5. The molecular weight excluding hydrogens is 363 g/mol. The molecule has 0 atom stereocenters. The molecule has 4 rings (SSSR count). The Morgan fingerprint density at radius 3 is 2.57 bits per heavy atom. The van der Waals surface area contributed by atoms with Crippen molar-refractivity contribution in [3.63, 3.8) is 0 Å². The fourth-order valence-electron chi connectivity index (χ4n) is 2.88. The molecule has 0 fully saturated rings. The molecule has 2 heterocycles. The van der Waals surface area contributed by atoms with Crippen LogP contribution in [0.15, 0.2) is 61.2 Å². The highest BCUT2D eigenvalue weighted by Crippen LogP contribution is 2.32. The average Bonchev–Trinajstić information content (AvgIpc) is 3.14. The Morgan fingerprint density at radius 2 is 1.86 bits per heavy atom. The zero-order valence-corrected chi connectivity index (χ0v) is 14.8. The maximum Gasteiger partial charge on any atom is 0.269 e. The van der Waals surface area contributed by atoms with E-state index in [1.165, 1.54) is 25.4 Å². The third kappa shape index (κ3) is 3.01. The van der Waals surface area contributed by atoms with Crippen LogP contribution in [0.1, 0.15) is 10.5 Å². The number of fused-ring (bicyclic) bond motifs is 1. The molecule has 2 aromatic heterocycles. The molecular formula is C20H15FN4O3. The smallest absolute Gasteiger partial charge is 0.269 e. The summed E-state index contributed by atoms with van der Waals surface area (Å²) in [7, 11) is 1.39. The first-order chi connectivity index (χ1) is 13.6. The highest BCUT2D eigenvalue weighted by molar-refractivity contribution is 6.01. The zero-order chi connectivity index (χ0) is 19.7. The van der Waals surface area contributed by atoms with Gasteiger partial charge in [-0.05, 0) is 36.4 Å². The van der Waals surface area contributed by atoms with Gasteiger partial charge in [-0.1, -0.05) is 6.07 Å². The summed E-state index contributed by atoms with van der Waals surface area (Å²) in [5.74, 6) is -0.621. The number of amides is 1. The highest BCUT2D eigenvalue weighted by atomic mass is 19.1. The molecule has 0 aliphatic rings. The molecule has 0 aliphatic carbocycles. The maximum absolute atomic E-state index is 14.2. The first-order valence-corrected chi connectivity index (χ1v) is 8.30. The van der Waals surface area contributed by atoms with Gasteiger partial charge in [-0.25, -0.2) is 9.97 Å². The number of hydrogen-bond acceptors (Lipinski definition) is 5. The van der Waals surface area contributed by atoms with Gasteiger partial charge in [-0.15, -0.1) is 0 Å². The summed E-state index contributed by atoms with van der Waals surface area (Å²) in [5.41, 5.74) is 7.36. The molecule has 8 heteroatoms. The molecule has 4 aromatic rings. The van der Waals surface area contributed by atoms with Crippen LogP contribution in [0.5, 0.6) is 17.2 Å². The van der Waals surface area contributed by atoms with Crippen LogP contribution in [0.3, 0.4) is 0 Å². The monoisotopic (exact) mass is 378 g/mol. The van der Waals surface area contributed by atoms with Gasteiger partial charge < -0.3 is 19.6 Å². The van der Waals surface area contributed by atoms with Crippen LogP contribution < -0.4 is 15.2 Å². The number of methoxy groups -OCH3 is 1. The van der Waals surface area contributed by atoms with Gasteiger partial charge in [0, 0.05) is 18.0 Å². The van der Waals surface area contributed by atoms with Crippen LogP contribution in [0.2, 0.25) is 0 Å². The molecule has 0 radical (unpaired) electrons. The van der Waals surface area contributed by atoms with Gasteiger partial charge >= 0.3 is 0 Å². The van der Waals surface area contributed by atoms with Crippen molar-refractivity contribution in [1.82, 2.24) is 14.4 Å². The number of primary amides is 1. The highest BCUT2D eigenvalue weighted by Gasteiger charge is 2.16. The first-order valence-electron chi connectivity index (χ1n) is 8.30. The fraction of sp³-hybridized carbons (Fsp3) is 0.0500. The van der Waals surface area contributed by atoms with Crippen LogP contribution in [0.4, 0.5) is 4.39 Å².